The summed E-state index contributed by atoms with van der Waals surface area (Å²) in [5.74, 6) is 0.0696. The molecule has 3 aromatic rings. The van der Waals surface area contributed by atoms with E-state index in [1.807, 2.05) is 30.5 Å². The number of rotatable bonds is 5. The van der Waals surface area contributed by atoms with Crippen molar-refractivity contribution in [1.82, 2.24) is 0 Å². The van der Waals surface area contributed by atoms with Gasteiger partial charge in [-0.3, -0.25) is 4.79 Å². The predicted molar refractivity (Wildman–Crippen MR) is 125 cm³/mol. The Bertz CT molecular complexity index is 1230. The molecular formula is C25H19ClN2O3S. The van der Waals surface area contributed by atoms with Gasteiger partial charge >= 0.3 is 5.97 Å². The highest BCUT2D eigenvalue weighted by Crippen LogP contribution is 2.43. The molecule has 160 valence electrons. The van der Waals surface area contributed by atoms with Gasteiger partial charge in [0.15, 0.2) is 0 Å². The van der Waals surface area contributed by atoms with Gasteiger partial charge in [0, 0.05) is 21.5 Å². The number of thioether (sulfide) groups is 1. The van der Waals surface area contributed by atoms with Crippen molar-refractivity contribution in [3.05, 3.63) is 99.9 Å². The maximum Gasteiger partial charge on any atom is 0.315 e. The molecule has 3 aromatic carbocycles. The Balaban J connectivity index is 1.60. The van der Waals surface area contributed by atoms with Gasteiger partial charge in [-0.2, -0.15) is 5.26 Å². The molecule has 0 saturated heterocycles. The molecule has 1 aliphatic heterocycles. The van der Waals surface area contributed by atoms with Crippen LogP contribution in [0.25, 0.3) is 0 Å². The van der Waals surface area contributed by atoms with E-state index in [0.29, 0.717) is 22.1 Å². The standard InChI is InChI=1S/C25H19ClN2O3S/c1-32-19-9-4-16(5-10-19)24-20-11-8-18(13-22(20)31-25(28)21(24)14-27)30-23(29)12-15-2-6-17(26)7-3-15/h2-11,13,24H,12,28H2,1H3. The molecular weight excluding hydrogens is 444 g/mol. The highest BCUT2D eigenvalue weighted by molar-refractivity contribution is 7.98. The second-order valence-electron chi connectivity index (χ2n) is 7.17. The maximum atomic E-state index is 12.4. The van der Waals surface area contributed by atoms with Crippen LogP contribution in [-0.2, 0) is 11.2 Å². The van der Waals surface area contributed by atoms with Crippen LogP contribution < -0.4 is 15.2 Å². The first kappa shape index (κ1) is 21.8. The highest BCUT2D eigenvalue weighted by atomic mass is 35.5. The molecule has 4 rings (SSSR count). The molecule has 0 radical (unpaired) electrons. The van der Waals surface area contributed by atoms with Crippen LogP contribution in [0.5, 0.6) is 11.5 Å². The summed E-state index contributed by atoms with van der Waals surface area (Å²) in [6.07, 6.45) is 2.12. The zero-order valence-corrected chi connectivity index (χ0v) is 18.7. The fraction of sp³-hybridized carbons (Fsp3) is 0.120. The Kier molecular flexibility index (Phi) is 6.40. The largest absolute Gasteiger partial charge is 0.440 e. The molecule has 1 aliphatic rings. The van der Waals surface area contributed by atoms with Crippen molar-refractivity contribution in [3.8, 4) is 17.6 Å². The Morgan fingerprint density at radius 3 is 2.53 bits per heavy atom. The lowest BCUT2D eigenvalue weighted by Crippen LogP contribution is -2.21. The first-order valence-corrected chi connectivity index (χ1v) is 11.4. The summed E-state index contributed by atoms with van der Waals surface area (Å²) in [6.45, 7) is 0. The van der Waals surface area contributed by atoms with E-state index in [0.717, 1.165) is 21.6 Å². The summed E-state index contributed by atoms with van der Waals surface area (Å²) in [7, 11) is 0. The lowest BCUT2D eigenvalue weighted by molar-refractivity contribution is -0.133. The SMILES string of the molecule is CSc1ccc(C2C(C#N)=C(N)Oc3cc(OC(=O)Cc4ccc(Cl)cc4)ccc32)cc1. The number of nitriles is 1. The number of nitrogens with two attached hydrogens (primary N) is 1. The van der Waals surface area contributed by atoms with E-state index in [9.17, 15) is 10.1 Å². The first-order chi connectivity index (χ1) is 15.5. The van der Waals surface area contributed by atoms with Crippen molar-refractivity contribution < 1.29 is 14.3 Å². The van der Waals surface area contributed by atoms with Crippen LogP contribution in [-0.4, -0.2) is 12.2 Å². The number of hydrogen-bond donors (Lipinski definition) is 1. The Labute approximate surface area is 195 Å². The van der Waals surface area contributed by atoms with Gasteiger partial charge in [-0.1, -0.05) is 41.9 Å². The van der Waals surface area contributed by atoms with E-state index in [4.69, 9.17) is 26.8 Å². The molecule has 0 spiro atoms. The smallest absolute Gasteiger partial charge is 0.315 e. The number of halogens is 1. The third-order valence-corrected chi connectivity index (χ3v) is 6.13. The number of benzene rings is 3. The maximum absolute atomic E-state index is 12.4. The fourth-order valence-electron chi connectivity index (χ4n) is 3.57. The van der Waals surface area contributed by atoms with Crippen LogP contribution in [0.1, 0.15) is 22.6 Å². The molecule has 5 nitrogen and oxygen atoms in total. The molecule has 0 bridgehead atoms. The average Bonchev–Trinajstić information content (AvgIpc) is 2.79. The third-order valence-electron chi connectivity index (χ3n) is 5.13. The van der Waals surface area contributed by atoms with Gasteiger partial charge in [0.25, 0.3) is 0 Å². The van der Waals surface area contributed by atoms with E-state index < -0.39 is 5.97 Å². The lowest BCUT2D eigenvalue weighted by atomic mass is 9.83. The molecule has 0 aliphatic carbocycles. The van der Waals surface area contributed by atoms with Crippen molar-refractivity contribution in [1.29, 1.82) is 5.26 Å². The second kappa shape index (κ2) is 9.39. The predicted octanol–water partition coefficient (Wildman–Crippen LogP) is 5.43. The minimum Gasteiger partial charge on any atom is -0.440 e. The number of esters is 1. The van der Waals surface area contributed by atoms with E-state index in [2.05, 4.69) is 6.07 Å². The fourth-order valence-corrected chi connectivity index (χ4v) is 4.11. The number of ether oxygens (including phenoxy) is 2. The normalized spacial score (nSPS) is 14.8. The summed E-state index contributed by atoms with van der Waals surface area (Å²) in [6, 6.07) is 22.3. The summed E-state index contributed by atoms with van der Waals surface area (Å²) in [5, 5.41) is 10.3. The van der Waals surface area contributed by atoms with Crippen molar-refractivity contribution in [3.63, 3.8) is 0 Å². The molecule has 2 N–H and O–H groups in total. The van der Waals surface area contributed by atoms with Crippen molar-refractivity contribution >= 4 is 29.3 Å². The van der Waals surface area contributed by atoms with Crippen molar-refractivity contribution in [2.45, 2.75) is 17.2 Å². The third kappa shape index (κ3) is 4.59. The Morgan fingerprint density at radius 2 is 1.88 bits per heavy atom. The number of carbonyl (C=O) groups excluding carboxylic acids is 1. The van der Waals surface area contributed by atoms with E-state index in [-0.39, 0.29) is 18.2 Å². The molecule has 1 heterocycles. The quantitative estimate of drug-likeness (QED) is 0.309. The first-order valence-electron chi connectivity index (χ1n) is 9.79. The van der Waals surface area contributed by atoms with Crippen LogP contribution in [0.2, 0.25) is 5.02 Å². The number of carbonyl (C=O) groups is 1. The van der Waals surface area contributed by atoms with Gasteiger partial charge in [0.1, 0.15) is 23.1 Å². The van der Waals surface area contributed by atoms with E-state index in [1.165, 1.54) is 0 Å². The minimum atomic E-state index is -0.409. The summed E-state index contributed by atoms with van der Waals surface area (Å²) < 4.78 is 11.2. The van der Waals surface area contributed by atoms with Gasteiger partial charge in [-0.25, -0.2) is 0 Å². The summed E-state index contributed by atoms with van der Waals surface area (Å²) in [4.78, 5) is 13.5. The van der Waals surface area contributed by atoms with Crippen LogP contribution >= 0.6 is 23.4 Å². The van der Waals surface area contributed by atoms with Crippen LogP contribution in [0, 0.1) is 11.3 Å². The Morgan fingerprint density at radius 1 is 1.16 bits per heavy atom. The van der Waals surface area contributed by atoms with Gasteiger partial charge in [-0.15, -0.1) is 11.8 Å². The second-order valence-corrected chi connectivity index (χ2v) is 8.49. The molecule has 7 heteroatoms. The van der Waals surface area contributed by atoms with Gasteiger partial charge in [0.2, 0.25) is 5.88 Å². The molecule has 1 atom stereocenters. The van der Waals surface area contributed by atoms with E-state index in [1.54, 1.807) is 54.2 Å². The topological polar surface area (TPSA) is 85.3 Å². The van der Waals surface area contributed by atoms with Crippen LogP contribution in [0.15, 0.2) is 83.1 Å². The number of nitrogens with zero attached hydrogens (tertiary/aromatic N) is 1. The van der Waals surface area contributed by atoms with Gasteiger partial charge < -0.3 is 15.2 Å². The van der Waals surface area contributed by atoms with Gasteiger partial charge in [0.05, 0.1) is 12.3 Å². The monoisotopic (exact) mass is 462 g/mol. The highest BCUT2D eigenvalue weighted by Gasteiger charge is 2.31. The average molecular weight is 463 g/mol. The van der Waals surface area contributed by atoms with Crippen molar-refractivity contribution in [2.75, 3.05) is 6.26 Å². The van der Waals surface area contributed by atoms with Crippen LogP contribution in [0.3, 0.4) is 0 Å². The number of allylic oxidation sites excluding steroid dienone is 1. The van der Waals surface area contributed by atoms with Crippen molar-refractivity contribution in [2.24, 2.45) is 5.73 Å². The Hall–Kier alpha value is -3.40. The van der Waals surface area contributed by atoms with E-state index >= 15 is 0 Å². The molecule has 0 aromatic heterocycles. The minimum absolute atomic E-state index is 0.0450. The molecule has 0 amide bonds. The molecule has 0 saturated carbocycles. The zero-order valence-electron chi connectivity index (χ0n) is 17.2. The zero-order chi connectivity index (χ0) is 22.7. The lowest BCUT2D eigenvalue weighted by Gasteiger charge is -2.26. The van der Waals surface area contributed by atoms with Crippen LogP contribution in [0.4, 0.5) is 0 Å². The molecule has 32 heavy (non-hydrogen) atoms. The number of fused-ring (bicyclic) bond motifs is 1. The molecule has 1 unspecified atom stereocenters. The summed E-state index contributed by atoms with van der Waals surface area (Å²) >= 11 is 7.53. The summed E-state index contributed by atoms with van der Waals surface area (Å²) in [5.41, 5.74) is 8.93. The van der Waals surface area contributed by atoms with Gasteiger partial charge in [-0.05, 0) is 47.7 Å². The number of hydrogen-bond acceptors (Lipinski definition) is 6. The molecule has 0 fully saturated rings.